The molecule has 4 nitrogen and oxygen atoms in total. The molecule has 0 aliphatic carbocycles. The lowest BCUT2D eigenvalue weighted by molar-refractivity contribution is -0.107. The molecule has 0 radical (unpaired) electrons. The summed E-state index contributed by atoms with van der Waals surface area (Å²) in [5.74, 6) is 0.633. The average Bonchev–Trinajstić information content (AvgIpc) is 2.82. The zero-order valence-corrected chi connectivity index (χ0v) is 12.6. The van der Waals surface area contributed by atoms with Crippen LogP contribution in [0.2, 0.25) is 0 Å². The van der Waals surface area contributed by atoms with Crippen molar-refractivity contribution in [1.82, 2.24) is 5.32 Å². The molecule has 2 saturated heterocycles. The summed E-state index contributed by atoms with van der Waals surface area (Å²) in [7, 11) is 0. The van der Waals surface area contributed by atoms with Crippen LogP contribution in [-0.2, 0) is 14.2 Å². The van der Waals surface area contributed by atoms with Gasteiger partial charge in [0, 0.05) is 25.7 Å². The minimum atomic E-state index is -0.00554. The number of hydrogen-bond acceptors (Lipinski definition) is 4. The van der Waals surface area contributed by atoms with Crippen molar-refractivity contribution in [2.75, 3.05) is 33.0 Å². The van der Waals surface area contributed by atoms with E-state index in [2.05, 4.69) is 26.1 Å². The lowest BCUT2D eigenvalue weighted by atomic mass is 9.81. The third kappa shape index (κ3) is 4.15. The fourth-order valence-corrected chi connectivity index (χ4v) is 3.19. The van der Waals surface area contributed by atoms with Crippen molar-refractivity contribution in [2.24, 2.45) is 5.92 Å². The van der Waals surface area contributed by atoms with Crippen molar-refractivity contribution in [2.45, 2.75) is 57.8 Å². The number of ether oxygens (including phenoxy) is 3. The molecular weight excluding hydrogens is 242 g/mol. The summed E-state index contributed by atoms with van der Waals surface area (Å²) in [5.41, 5.74) is -0.00554. The molecule has 4 heteroatoms. The van der Waals surface area contributed by atoms with E-state index in [4.69, 9.17) is 14.2 Å². The minimum Gasteiger partial charge on any atom is -0.378 e. The summed E-state index contributed by atoms with van der Waals surface area (Å²) in [6, 6.07) is 0.439. The van der Waals surface area contributed by atoms with E-state index in [-0.39, 0.29) is 5.60 Å². The van der Waals surface area contributed by atoms with Gasteiger partial charge in [-0.2, -0.15) is 0 Å². The van der Waals surface area contributed by atoms with Crippen LogP contribution < -0.4 is 5.32 Å². The van der Waals surface area contributed by atoms with Gasteiger partial charge in [0.1, 0.15) is 0 Å². The van der Waals surface area contributed by atoms with Crippen molar-refractivity contribution < 1.29 is 14.2 Å². The highest BCUT2D eigenvalue weighted by Crippen LogP contribution is 2.37. The second-order valence-corrected chi connectivity index (χ2v) is 6.13. The van der Waals surface area contributed by atoms with E-state index in [1.807, 2.05) is 0 Å². The molecule has 0 aromatic carbocycles. The summed E-state index contributed by atoms with van der Waals surface area (Å²) >= 11 is 0. The highest BCUT2D eigenvalue weighted by Gasteiger charge is 2.42. The normalized spacial score (nSPS) is 33.2. The molecule has 2 aliphatic heterocycles. The quantitative estimate of drug-likeness (QED) is 0.802. The van der Waals surface area contributed by atoms with E-state index in [0.717, 1.165) is 52.2 Å². The van der Waals surface area contributed by atoms with E-state index >= 15 is 0 Å². The van der Waals surface area contributed by atoms with Gasteiger partial charge in [-0.3, -0.25) is 0 Å². The maximum absolute atomic E-state index is 6.02. The standard InChI is InChI=1S/C15H29NO3/c1-4-16-14(10-18-12(2)3)13-5-7-19-15(9-13)6-8-17-11-15/h12-14,16H,4-11H2,1-3H3. The lowest BCUT2D eigenvalue weighted by Crippen LogP contribution is -2.49. The topological polar surface area (TPSA) is 39.7 Å². The number of likely N-dealkylation sites (N-methyl/N-ethyl adjacent to an activating group) is 1. The van der Waals surface area contributed by atoms with Crippen LogP contribution in [0.1, 0.15) is 40.0 Å². The molecule has 19 heavy (non-hydrogen) atoms. The number of hydrogen-bond donors (Lipinski definition) is 1. The molecular formula is C15H29NO3. The Morgan fingerprint density at radius 2 is 2.21 bits per heavy atom. The molecule has 1 spiro atoms. The largest absolute Gasteiger partial charge is 0.378 e. The van der Waals surface area contributed by atoms with Crippen LogP contribution in [0.3, 0.4) is 0 Å². The van der Waals surface area contributed by atoms with Gasteiger partial charge >= 0.3 is 0 Å². The van der Waals surface area contributed by atoms with Crippen LogP contribution in [0, 0.1) is 5.92 Å². The first-order valence-corrected chi connectivity index (χ1v) is 7.72. The molecule has 2 fully saturated rings. The molecule has 112 valence electrons. The molecule has 0 aromatic heterocycles. The van der Waals surface area contributed by atoms with Gasteiger partial charge in [0.05, 0.1) is 24.9 Å². The molecule has 2 heterocycles. The van der Waals surface area contributed by atoms with E-state index in [1.165, 1.54) is 0 Å². The van der Waals surface area contributed by atoms with Crippen LogP contribution in [0.4, 0.5) is 0 Å². The fraction of sp³-hybridized carbons (Fsp3) is 1.00. The maximum Gasteiger partial charge on any atom is 0.0939 e. The zero-order valence-electron chi connectivity index (χ0n) is 12.6. The van der Waals surface area contributed by atoms with Gasteiger partial charge in [-0.25, -0.2) is 0 Å². The summed E-state index contributed by atoms with van der Waals surface area (Å²) in [6.07, 6.45) is 3.57. The first-order valence-electron chi connectivity index (χ1n) is 7.72. The molecule has 0 aromatic rings. The molecule has 0 saturated carbocycles. The molecule has 3 atom stereocenters. The van der Waals surface area contributed by atoms with E-state index < -0.39 is 0 Å². The summed E-state index contributed by atoms with van der Waals surface area (Å²) in [6.45, 7) is 10.6. The Labute approximate surface area is 117 Å². The first-order chi connectivity index (χ1) is 9.15. The summed E-state index contributed by atoms with van der Waals surface area (Å²) in [4.78, 5) is 0. The second kappa shape index (κ2) is 7.02. The predicted octanol–water partition coefficient (Wildman–Crippen LogP) is 1.98. The summed E-state index contributed by atoms with van der Waals surface area (Å²) in [5, 5.41) is 3.59. The maximum atomic E-state index is 6.02. The van der Waals surface area contributed by atoms with Crippen molar-refractivity contribution in [3.63, 3.8) is 0 Å². The number of nitrogens with one attached hydrogen (secondary N) is 1. The average molecular weight is 271 g/mol. The van der Waals surface area contributed by atoms with Gasteiger partial charge < -0.3 is 19.5 Å². The SMILES string of the molecule is CCNC(COC(C)C)C1CCOC2(CCOC2)C1. The smallest absolute Gasteiger partial charge is 0.0939 e. The van der Waals surface area contributed by atoms with Gasteiger partial charge in [-0.15, -0.1) is 0 Å². The van der Waals surface area contributed by atoms with Gasteiger partial charge in [-0.05, 0) is 39.2 Å². The van der Waals surface area contributed by atoms with Gasteiger partial charge in [0.25, 0.3) is 0 Å². The molecule has 0 bridgehead atoms. The third-order valence-electron chi connectivity index (χ3n) is 4.24. The Balaban J connectivity index is 1.91. The van der Waals surface area contributed by atoms with Gasteiger partial charge in [-0.1, -0.05) is 6.92 Å². The lowest BCUT2D eigenvalue weighted by Gasteiger charge is -2.40. The Morgan fingerprint density at radius 3 is 2.84 bits per heavy atom. The van der Waals surface area contributed by atoms with Crippen molar-refractivity contribution in [1.29, 1.82) is 0 Å². The number of rotatable bonds is 6. The third-order valence-corrected chi connectivity index (χ3v) is 4.24. The highest BCUT2D eigenvalue weighted by molar-refractivity contribution is 4.93. The van der Waals surface area contributed by atoms with Crippen LogP contribution in [-0.4, -0.2) is 50.7 Å². The van der Waals surface area contributed by atoms with Crippen molar-refractivity contribution in [3.05, 3.63) is 0 Å². The van der Waals surface area contributed by atoms with E-state index in [9.17, 15) is 0 Å². The van der Waals surface area contributed by atoms with E-state index in [0.29, 0.717) is 18.1 Å². The molecule has 1 N–H and O–H groups in total. The van der Waals surface area contributed by atoms with E-state index in [1.54, 1.807) is 0 Å². The van der Waals surface area contributed by atoms with Crippen LogP contribution in [0.25, 0.3) is 0 Å². The predicted molar refractivity (Wildman–Crippen MR) is 75.4 cm³/mol. The Morgan fingerprint density at radius 1 is 1.37 bits per heavy atom. The van der Waals surface area contributed by atoms with Crippen molar-refractivity contribution >= 4 is 0 Å². The minimum absolute atomic E-state index is 0.00554. The van der Waals surface area contributed by atoms with Gasteiger partial charge in [0.15, 0.2) is 0 Å². The van der Waals surface area contributed by atoms with Crippen molar-refractivity contribution in [3.8, 4) is 0 Å². The molecule has 3 unspecified atom stereocenters. The monoisotopic (exact) mass is 271 g/mol. The van der Waals surface area contributed by atoms with Crippen LogP contribution in [0.5, 0.6) is 0 Å². The Bertz CT molecular complexity index is 264. The fourth-order valence-electron chi connectivity index (χ4n) is 3.19. The Hall–Kier alpha value is -0.160. The van der Waals surface area contributed by atoms with Crippen LogP contribution in [0.15, 0.2) is 0 Å². The molecule has 2 rings (SSSR count). The zero-order chi connectivity index (χ0) is 13.7. The van der Waals surface area contributed by atoms with Gasteiger partial charge in [0.2, 0.25) is 0 Å². The second-order valence-electron chi connectivity index (χ2n) is 6.13. The molecule has 0 amide bonds. The first kappa shape index (κ1) is 15.2. The molecule has 2 aliphatic rings. The highest BCUT2D eigenvalue weighted by atomic mass is 16.6. The summed E-state index contributed by atoms with van der Waals surface area (Å²) < 4.78 is 17.4. The van der Waals surface area contributed by atoms with Crippen LogP contribution >= 0.6 is 0 Å². The Kier molecular flexibility index (Phi) is 5.63.